The van der Waals surface area contributed by atoms with Gasteiger partial charge in [-0.3, -0.25) is 19.1 Å². The highest BCUT2D eigenvalue weighted by molar-refractivity contribution is 7.20. The van der Waals surface area contributed by atoms with Gasteiger partial charge in [-0.05, 0) is 50.3 Å². The lowest BCUT2D eigenvalue weighted by molar-refractivity contribution is 0.0988. The highest BCUT2D eigenvalue weighted by Gasteiger charge is 2.29. The fourth-order valence-corrected chi connectivity index (χ4v) is 5.48. The van der Waals surface area contributed by atoms with Crippen LogP contribution < -0.4 is 10.5 Å². The molecule has 0 radical (unpaired) electrons. The van der Waals surface area contributed by atoms with Gasteiger partial charge in [0.2, 0.25) is 0 Å². The number of rotatable bonds is 1. The lowest BCUT2D eigenvalue weighted by Crippen LogP contribution is -2.35. The molecule has 0 saturated heterocycles. The number of nitrogens with zero attached hydrogens (tertiary/aromatic N) is 4. The number of carbonyl (C=O) groups is 1. The molecule has 0 aliphatic carbocycles. The number of fused-ring (bicyclic) bond motifs is 3. The number of hydrogen-bond acceptors (Lipinski definition) is 5. The average molecular weight is 395 g/mol. The van der Waals surface area contributed by atoms with Crippen molar-refractivity contribution in [1.82, 2.24) is 14.5 Å². The molecular formula is C21H22N4O2S. The highest BCUT2D eigenvalue weighted by atomic mass is 32.1. The molecule has 1 amide bonds. The Kier molecular flexibility index (Phi) is 4.27. The minimum absolute atomic E-state index is 0.00964. The molecule has 0 fully saturated rings. The third kappa shape index (κ3) is 2.68. The molecule has 2 aliphatic heterocycles. The van der Waals surface area contributed by atoms with E-state index in [0.717, 1.165) is 67.8 Å². The number of anilines is 1. The van der Waals surface area contributed by atoms with Crippen molar-refractivity contribution in [3.05, 3.63) is 50.6 Å². The third-order valence-corrected chi connectivity index (χ3v) is 6.98. The van der Waals surface area contributed by atoms with Crippen molar-refractivity contribution >= 4 is 33.1 Å². The predicted molar refractivity (Wildman–Crippen MR) is 110 cm³/mol. The zero-order valence-corrected chi connectivity index (χ0v) is 16.7. The van der Waals surface area contributed by atoms with Crippen LogP contribution in [0.5, 0.6) is 0 Å². The second-order valence-corrected chi connectivity index (χ2v) is 8.56. The zero-order valence-electron chi connectivity index (χ0n) is 15.9. The largest absolute Gasteiger partial charge is 0.306 e. The van der Waals surface area contributed by atoms with E-state index >= 15 is 0 Å². The number of hydrogen-bond donors (Lipinski definition) is 0. The summed E-state index contributed by atoms with van der Waals surface area (Å²) in [7, 11) is 0. The van der Waals surface area contributed by atoms with E-state index in [1.807, 2.05) is 28.5 Å². The number of pyridine rings is 1. The van der Waals surface area contributed by atoms with Gasteiger partial charge in [-0.25, -0.2) is 4.98 Å². The van der Waals surface area contributed by atoms with Crippen LogP contribution in [-0.2, 0) is 19.4 Å². The third-order valence-electron chi connectivity index (χ3n) is 5.80. The number of carbonyl (C=O) groups excluding carboxylic acids is 1. The first-order chi connectivity index (χ1) is 13.6. The molecule has 0 aromatic carbocycles. The van der Waals surface area contributed by atoms with E-state index in [-0.39, 0.29) is 11.5 Å². The zero-order chi connectivity index (χ0) is 19.3. The van der Waals surface area contributed by atoms with E-state index in [1.165, 1.54) is 11.3 Å². The molecule has 0 atom stereocenters. The number of amides is 1. The van der Waals surface area contributed by atoms with Crippen LogP contribution in [0.25, 0.3) is 10.2 Å². The van der Waals surface area contributed by atoms with Gasteiger partial charge in [0.1, 0.15) is 10.7 Å². The first-order valence-electron chi connectivity index (χ1n) is 9.93. The molecule has 0 bridgehead atoms. The molecule has 3 aromatic heterocycles. The summed E-state index contributed by atoms with van der Waals surface area (Å²) in [5.41, 5.74) is 2.62. The Hall–Kier alpha value is -2.54. The first kappa shape index (κ1) is 17.6. The molecule has 0 unspecified atom stereocenters. The van der Waals surface area contributed by atoms with E-state index in [1.54, 1.807) is 6.20 Å². The molecule has 5 heterocycles. The van der Waals surface area contributed by atoms with Gasteiger partial charge in [-0.15, -0.1) is 11.3 Å². The molecule has 28 heavy (non-hydrogen) atoms. The Labute approximate surface area is 166 Å². The maximum atomic E-state index is 13.4. The maximum absolute atomic E-state index is 13.4. The lowest BCUT2D eigenvalue weighted by Gasteiger charge is -2.28. The van der Waals surface area contributed by atoms with Gasteiger partial charge in [0.05, 0.1) is 21.6 Å². The van der Waals surface area contributed by atoms with Crippen molar-refractivity contribution in [2.24, 2.45) is 0 Å². The summed E-state index contributed by atoms with van der Waals surface area (Å²) < 4.78 is 1.82. The Morgan fingerprint density at radius 3 is 2.93 bits per heavy atom. The Bertz CT molecular complexity index is 1150. The van der Waals surface area contributed by atoms with Gasteiger partial charge in [0, 0.05) is 25.7 Å². The number of thiophene rings is 1. The van der Waals surface area contributed by atoms with E-state index < -0.39 is 0 Å². The monoisotopic (exact) mass is 394 g/mol. The summed E-state index contributed by atoms with van der Waals surface area (Å²) in [5, 5.41) is 0.613. The molecule has 6 nitrogen and oxygen atoms in total. The van der Waals surface area contributed by atoms with Crippen molar-refractivity contribution in [3.63, 3.8) is 0 Å². The molecule has 3 aromatic rings. The van der Waals surface area contributed by atoms with Gasteiger partial charge in [-0.1, -0.05) is 6.42 Å². The normalized spacial score (nSPS) is 16.5. The topological polar surface area (TPSA) is 68.1 Å². The van der Waals surface area contributed by atoms with Crippen LogP contribution in [0.2, 0.25) is 0 Å². The van der Waals surface area contributed by atoms with Crippen LogP contribution in [0.15, 0.2) is 23.1 Å². The molecule has 0 N–H and O–H groups in total. The van der Waals surface area contributed by atoms with Gasteiger partial charge in [-0.2, -0.15) is 0 Å². The van der Waals surface area contributed by atoms with Gasteiger partial charge in [0.25, 0.3) is 11.5 Å². The highest BCUT2D eigenvalue weighted by Crippen LogP contribution is 2.33. The summed E-state index contributed by atoms with van der Waals surface area (Å²) in [6, 6.07) is 3.82. The minimum Gasteiger partial charge on any atom is -0.306 e. The fraction of sp³-hybridized carbons (Fsp3) is 0.429. The molecule has 144 valence electrons. The number of aromatic nitrogens is 3. The lowest BCUT2D eigenvalue weighted by atomic mass is 10.1. The van der Waals surface area contributed by atoms with Crippen LogP contribution in [0, 0.1) is 6.92 Å². The molecule has 0 spiro atoms. The summed E-state index contributed by atoms with van der Waals surface area (Å²) in [6.07, 6.45) is 7.59. The summed E-state index contributed by atoms with van der Waals surface area (Å²) in [4.78, 5) is 38.9. The second kappa shape index (κ2) is 6.81. The summed E-state index contributed by atoms with van der Waals surface area (Å²) >= 11 is 1.36. The van der Waals surface area contributed by atoms with E-state index in [2.05, 4.69) is 4.98 Å². The molecule has 5 rings (SSSR count). The SMILES string of the molecule is Cc1c(C(=O)N2CCCc3ncccc32)sc2nc3n(c(=O)c12)CCCCC3. The van der Waals surface area contributed by atoms with Crippen LogP contribution >= 0.6 is 11.3 Å². The second-order valence-electron chi connectivity index (χ2n) is 7.56. The minimum atomic E-state index is -0.0472. The van der Waals surface area contributed by atoms with Crippen molar-refractivity contribution < 1.29 is 4.79 Å². The summed E-state index contributed by atoms with van der Waals surface area (Å²) in [6.45, 7) is 3.28. The van der Waals surface area contributed by atoms with Crippen molar-refractivity contribution in [1.29, 1.82) is 0 Å². The van der Waals surface area contributed by atoms with E-state index in [9.17, 15) is 9.59 Å². The van der Waals surface area contributed by atoms with Gasteiger partial charge >= 0.3 is 0 Å². The van der Waals surface area contributed by atoms with Crippen molar-refractivity contribution in [2.45, 2.75) is 52.0 Å². The fourth-order valence-electron chi connectivity index (χ4n) is 4.34. The van der Waals surface area contributed by atoms with Crippen LogP contribution in [0.3, 0.4) is 0 Å². The van der Waals surface area contributed by atoms with E-state index in [4.69, 9.17) is 4.98 Å². The van der Waals surface area contributed by atoms with Crippen molar-refractivity contribution in [2.75, 3.05) is 11.4 Å². The maximum Gasteiger partial charge on any atom is 0.268 e. The quantitative estimate of drug-likeness (QED) is 0.634. The first-order valence-corrected chi connectivity index (χ1v) is 10.8. The Morgan fingerprint density at radius 1 is 1.14 bits per heavy atom. The Morgan fingerprint density at radius 2 is 2.04 bits per heavy atom. The standard InChI is InChI=1S/C21H22N4O2S/c1-13-17-19(23-16-9-3-2-4-11-25(16)20(17)26)28-18(13)21(27)24-12-6-7-14-15(24)8-5-10-22-14/h5,8,10H,2-4,6-7,9,11-12H2,1H3. The average Bonchev–Trinajstić information content (AvgIpc) is 2.88. The molecular weight excluding hydrogens is 372 g/mol. The van der Waals surface area contributed by atoms with Crippen LogP contribution in [-0.4, -0.2) is 27.0 Å². The predicted octanol–water partition coefficient (Wildman–Crippen LogP) is 3.48. The van der Waals surface area contributed by atoms with Crippen LogP contribution in [0.1, 0.15) is 52.4 Å². The van der Waals surface area contributed by atoms with Gasteiger partial charge < -0.3 is 4.90 Å². The van der Waals surface area contributed by atoms with Crippen LogP contribution in [0.4, 0.5) is 5.69 Å². The van der Waals surface area contributed by atoms with Gasteiger partial charge in [0.15, 0.2) is 0 Å². The molecule has 7 heteroatoms. The molecule has 0 saturated carbocycles. The number of aryl methyl sites for hydroxylation is 3. The summed E-state index contributed by atoms with van der Waals surface area (Å²) in [5.74, 6) is 0.816. The molecule has 2 aliphatic rings. The van der Waals surface area contributed by atoms with Crippen molar-refractivity contribution in [3.8, 4) is 0 Å². The smallest absolute Gasteiger partial charge is 0.268 e. The van der Waals surface area contributed by atoms with E-state index in [0.29, 0.717) is 21.6 Å². The Balaban J connectivity index is 1.63.